The average molecular weight is 546 g/mol. The van der Waals surface area contributed by atoms with Crippen LogP contribution < -0.4 is 14.8 Å². The highest BCUT2D eigenvalue weighted by Crippen LogP contribution is 2.34. The first-order valence-electron chi connectivity index (χ1n) is 13.8. The Labute approximate surface area is 241 Å². The van der Waals surface area contributed by atoms with E-state index in [9.17, 15) is 4.79 Å². The van der Waals surface area contributed by atoms with E-state index < -0.39 is 0 Å². The van der Waals surface area contributed by atoms with E-state index in [4.69, 9.17) is 14.6 Å². The molecule has 0 aliphatic heterocycles. The Morgan fingerprint density at radius 2 is 1.51 bits per heavy atom. The predicted molar refractivity (Wildman–Crippen MR) is 163 cm³/mol. The van der Waals surface area contributed by atoms with Crippen molar-refractivity contribution in [3.8, 4) is 28.4 Å². The molecule has 5 aromatic rings. The lowest BCUT2D eigenvalue weighted by Crippen LogP contribution is -2.28. The van der Waals surface area contributed by atoms with Crippen LogP contribution >= 0.6 is 0 Å². The number of aryl methyl sites for hydroxylation is 2. The number of benzene rings is 4. The van der Waals surface area contributed by atoms with Gasteiger partial charge in [0, 0.05) is 24.1 Å². The molecule has 0 radical (unpaired) electrons. The van der Waals surface area contributed by atoms with E-state index in [-0.39, 0.29) is 11.8 Å². The van der Waals surface area contributed by atoms with Gasteiger partial charge in [-0.25, -0.2) is 4.68 Å². The lowest BCUT2D eigenvalue weighted by molar-refractivity contribution is 0.0945. The maximum atomic E-state index is 13.7. The monoisotopic (exact) mass is 545 g/mol. The molecule has 0 spiro atoms. The van der Waals surface area contributed by atoms with E-state index in [1.807, 2.05) is 55.5 Å². The number of hydrogen-bond acceptors (Lipinski definition) is 4. The largest absolute Gasteiger partial charge is 0.497 e. The lowest BCUT2D eigenvalue weighted by Gasteiger charge is -2.18. The van der Waals surface area contributed by atoms with Gasteiger partial charge in [0.05, 0.1) is 25.6 Å². The second-order valence-corrected chi connectivity index (χ2v) is 10.1. The van der Waals surface area contributed by atoms with Gasteiger partial charge < -0.3 is 14.8 Å². The van der Waals surface area contributed by atoms with Gasteiger partial charge in [0.25, 0.3) is 5.91 Å². The van der Waals surface area contributed by atoms with Gasteiger partial charge in [0.2, 0.25) is 0 Å². The number of hydrogen-bond donors (Lipinski definition) is 1. The zero-order valence-electron chi connectivity index (χ0n) is 23.9. The van der Waals surface area contributed by atoms with Crippen molar-refractivity contribution in [2.45, 2.75) is 26.2 Å². The summed E-state index contributed by atoms with van der Waals surface area (Å²) in [6, 6.07) is 34.4. The van der Waals surface area contributed by atoms with Crippen molar-refractivity contribution >= 4 is 5.91 Å². The number of carbonyl (C=O) groups is 1. The van der Waals surface area contributed by atoms with Crippen LogP contribution in [0.3, 0.4) is 0 Å². The number of amides is 1. The maximum absolute atomic E-state index is 13.7. The fraction of sp³-hybridized carbons (Fsp3) is 0.200. The number of ether oxygens (including phenoxy) is 2. The fourth-order valence-corrected chi connectivity index (χ4v) is 5.23. The molecule has 208 valence electrons. The standard InChI is InChI=1S/C35H35N3O3/c1-24-15-18-32(25(2)21-24)38-33(23-31(37-38)30-17-16-28(40-3)22-34(30)41-4)35(39)36-20-19-29(26-11-7-5-8-12-26)27-13-9-6-10-14-27/h5-18,21-23,29H,19-20H2,1-4H3,(H,36,39). The first-order chi connectivity index (χ1) is 20.0. The minimum Gasteiger partial charge on any atom is -0.497 e. The zero-order chi connectivity index (χ0) is 28.8. The third-order valence-corrected chi connectivity index (χ3v) is 7.33. The Morgan fingerprint density at radius 3 is 2.12 bits per heavy atom. The topological polar surface area (TPSA) is 65.4 Å². The Kier molecular flexibility index (Phi) is 8.49. The second kappa shape index (κ2) is 12.6. The number of nitrogens with zero attached hydrogens (tertiary/aromatic N) is 2. The Bertz CT molecular complexity index is 1590. The third-order valence-electron chi connectivity index (χ3n) is 7.33. The van der Waals surface area contributed by atoms with Crippen molar-refractivity contribution in [1.82, 2.24) is 15.1 Å². The van der Waals surface area contributed by atoms with E-state index in [1.165, 1.54) is 11.1 Å². The zero-order valence-corrected chi connectivity index (χ0v) is 23.9. The highest BCUT2D eigenvalue weighted by molar-refractivity contribution is 5.94. The highest BCUT2D eigenvalue weighted by Gasteiger charge is 2.21. The molecule has 5 rings (SSSR count). The van der Waals surface area contributed by atoms with E-state index >= 15 is 0 Å². The Balaban J connectivity index is 1.46. The molecule has 0 saturated heterocycles. The van der Waals surface area contributed by atoms with Gasteiger partial charge in [-0.3, -0.25) is 4.79 Å². The molecule has 1 N–H and O–H groups in total. The minimum atomic E-state index is -0.184. The first-order valence-corrected chi connectivity index (χ1v) is 13.8. The number of methoxy groups -OCH3 is 2. The number of carbonyl (C=O) groups excluding carboxylic acids is 1. The number of aromatic nitrogens is 2. The molecule has 0 aliphatic carbocycles. The van der Waals surface area contributed by atoms with Crippen molar-refractivity contribution in [3.63, 3.8) is 0 Å². The number of nitrogens with one attached hydrogen (secondary N) is 1. The molecule has 4 aromatic carbocycles. The summed E-state index contributed by atoms with van der Waals surface area (Å²) in [6.07, 6.45) is 0.761. The van der Waals surface area contributed by atoms with Gasteiger partial charge in [-0.1, -0.05) is 78.4 Å². The van der Waals surface area contributed by atoms with Crippen molar-refractivity contribution in [2.75, 3.05) is 20.8 Å². The smallest absolute Gasteiger partial charge is 0.270 e. The molecular weight excluding hydrogens is 510 g/mol. The summed E-state index contributed by atoms with van der Waals surface area (Å²) >= 11 is 0. The molecule has 0 aliphatic rings. The van der Waals surface area contributed by atoms with Crippen molar-refractivity contribution in [2.24, 2.45) is 0 Å². The molecule has 1 aromatic heterocycles. The SMILES string of the molecule is COc1ccc(-c2cc(C(=O)NCCC(c3ccccc3)c3ccccc3)n(-c3ccc(C)cc3C)n2)c(OC)c1. The summed E-state index contributed by atoms with van der Waals surface area (Å²) in [6.45, 7) is 4.59. The van der Waals surface area contributed by atoms with Crippen molar-refractivity contribution in [1.29, 1.82) is 0 Å². The molecule has 41 heavy (non-hydrogen) atoms. The van der Waals surface area contributed by atoms with Crippen LogP contribution in [0.1, 0.15) is 45.1 Å². The maximum Gasteiger partial charge on any atom is 0.270 e. The lowest BCUT2D eigenvalue weighted by atomic mass is 9.88. The number of rotatable bonds is 10. The summed E-state index contributed by atoms with van der Waals surface area (Å²) in [5.41, 5.74) is 7.36. The van der Waals surface area contributed by atoms with E-state index in [2.05, 4.69) is 66.8 Å². The van der Waals surface area contributed by atoms with E-state index in [1.54, 1.807) is 18.9 Å². The summed E-state index contributed by atoms with van der Waals surface area (Å²) in [5.74, 6) is 1.29. The Morgan fingerprint density at radius 1 is 0.829 bits per heavy atom. The molecule has 6 nitrogen and oxygen atoms in total. The van der Waals surface area contributed by atoms with Gasteiger partial charge in [0.1, 0.15) is 17.2 Å². The quantitative estimate of drug-likeness (QED) is 0.203. The van der Waals surface area contributed by atoms with E-state index in [0.29, 0.717) is 29.4 Å². The second-order valence-electron chi connectivity index (χ2n) is 10.1. The molecule has 0 atom stereocenters. The summed E-state index contributed by atoms with van der Waals surface area (Å²) in [4.78, 5) is 13.7. The molecular formula is C35H35N3O3. The summed E-state index contributed by atoms with van der Waals surface area (Å²) in [5, 5.41) is 8.07. The molecule has 1 heterocycles. The van der Waals surface area contributed by atoms with Gasteiger partial charge in [0.15, 0.2) is 0 Å². The van der Waals surface area contributed by atoms with Crippen LogP contribution in [0.15, 0.2) is 103 Å². The predicted octanol–water partition coefficient (Wildman–Crippen LogP) is 7.13. The Hall–Kier alpha value is -4.84. The first kappa shape index (κ1) is 27.7. The average Bonchev–Trinajstić information content (AvgIpc) is 3.45. The summed E-state index contributed by atoms with van der Waals surface area (Å²) in [7, 11) is 3.23. The third kappa shape index (κ3) is 6.17. The van der Waals surface area contributed by atoms with Crippen LogP contribution in [0.25, 0.3) is 16.9 Å². The fourth-order valence-electron chi connectivity index (χ4n) is 5.23. The minimum absolute atomic E-state index is 0.168. The molecule has 0 bridgehead atoms. The molecule has 0 unspecified atom stereocenters. The molecule has 0 fully saturated rings. The van der Waals surface area contributed by atoms with Crippen LogP contribution in [0.2, 0.25) is 0 Å². The van der Waals surface area contributed by atoms with Crippen LogP contribution in [0, 0.1) is 13.8 Å². The van der Waals surface area contributed by atoms with Crippen molar-refractivity contribution < 1.29 is 14.3 Å². The molecule has 6 heteroatoms. The van der Waals surface area contributed by atoms with Crippen LogP contribution in [0.4, 0.5) is 0 Å². The molecule has 1 amide bonds. The normalized spacial score (nSPS) is 11.0. The summed E-state index contributed by atoms with van der Waals surface area (Å²) < 4.78 is 12.7. The van der Waals surface area contributed by atoms with Crippen LogP contribution in [-0.4, -0.2) is 36.5 Å². The van der Waals surface area contributed by atoms with Gasteiger partial charge in [-0.2, -0.15) is 5.10 Å². The van der Waals surface area contributed by atoms with Crippen LogP contribution in [-0.2, 0) is 0 Å². The van der Waals surface area contributed by atoms with Gasteiger partial charge >= 0.3 is 0 Å². The van der Waals surface area contributed by atoms with Crippen LogP contribution in [0.5, 0.6) is 11.5 Å². The molecule has 0 saturated carbocycles. The van der Waals surface area contributed by atoms with Crippen molar-refractivity contribution in [3.05, 3.63) is 131 Å². The van der Waals surface area contributed by atoms with Gasteiger partial charge in [-0.15, -0.1) is 0 Å². The van der Waals surface area contributed by atoms with Gasteiger partial charge in [-0.05, 0) is 61.2 Å². The van der Waals surface area contributed by atoms with E-state index in [0.717, 1.165) is 28.8 Å². The highest BCUT2D eigenvalue weighted by atomic mass is 16.5.